The highest BCUT2D eigenvalue weighted by molar-refractivity contribution is 6.00. The van der Waals surface area contributed by atoms with Crippen LogP contribution in [0.4, 0.5) is 0 Å². The minimum atomic E-state index is -0.0635. The summed E-state index contributed by atoms with van der Waals surface area (Å²) in [5.74, 6) is 1.82. The van der Waals surface area contributed by atoms with Crippen molar-refractivity contribution in [1.82, 2.24) is 15.0 Å². The second-order valence-corrected chi connectivity index (χ2v) is 6.02. The van der Waals surface area contributed by atoms with Crippen LogP contribution < -0.4 is 9.47 Å². The van der Waals surface area contributed by atoms with Crippen molar-refractivity contribution in [3.8, 4) is 34.3 Å². The van der Waals surface area contributed by atoms with Crippen LogP contribution in [0.25, 0.3) is 22.8 Å². The Labute approximate surface area is 163 Å². The zero-order valence-corrected chi connectivity index (χ0v) is 16.4. The molecule has 7 heteroatoms. The highest BCUT2D eigenvalue weighted by atomic mass is 16.5. The Morgan fingerprint density at radius 1 is 1.04 bits per heavy atom. The highest BCUT2D eigenvalue weighted by Gasteiger charge is 2.21. The van der Waals surface area contributed by atoms with Gasteiger partial charge in [0.1, 0.15) is 0 Å². The van der Waals surface area contributed by atoms with Crippen molar-refractivity contribution in [2.24, 2.45) is 0 Å². The van der Waals surface area contributed by atoms with E-state index in [1.807, 2.05) is 38.1 Å². The molecule has 1 heterocycles. The van der Waals surface area contributed by atoms with Crippen molar-refractivity contribution in [2.45, 2.75) is 13.8 Å². The van der Waals surface area contributed by atoms with Gasteiger partial charge in [-0.2, -0.15) is 4.98 Å². The second-order valence-electron chi connectivity index (χ2n) is 6.02. The molecule has 0 aliphatic heterocycles. The van der Waals surface area contributed by atoms with E-state index in [0.29, 0.717) is 47.4 Å². The van der Waals surface area contributed by atoms with Gasteiger partial charge in [-0.05, 0) is 44.2 Å². The summed E-state index contributed by atoms with van der Waals surface area (Å²) < 4.78 is 16.1. The molecule has 0 saturated carbocycles. The van der Waals surface area contributed by atoms with Crippen LogP contribution in [0.3, 0.4) is 0 Å². The number of nitrogens with zero attached hydrogens (tertiary/aromatic N) is 3. The van der Waals surface area contributed by atoms with E-state index in [0.717, 1.165) is 5.56 Å². The standard InChI is InChI=1S/C21H23N3O4/c1-5-24(6-2)21(25)16-10-8-7-9-15(16)20-22-19(23-28-20)14-11-12-17(26-3)18(13-14)27-4/h7-13H,5-6H2,1-4H3. The van der Waals surface area contributed by atoms with E-state index in [9.17, 15) is 4.79 Å². The fourth-order valence-corrected chi connectivity index (χ4v) is 2.96. The maximum atomic E-state index is 12.8. The van der Waals surface area contributed by atoms with Crippen molar-refractivity contribution in [3.05, 3.63) is 48.0 Å². The molecule has 0 unspecified atom stereocenters. The van der Waals surface area contributed by atoms with E-state index in [-0.39, 0.29) is 5.91 Å². The first-order chi connectivity index (χ1) is 13.6. The average molecular weight is 381 g/mol. The molecule has 0 bridgehead atoms. The molecule has 0 saturated heterocycles. The number of benzene rings is 2. The van der Waals surface area contributed by atoms with Gasteiger partial charge in [-0.3, -0.25) is 4.79 Å². The van der Waals surface area contributed by atoms with Crippen LogP contribution >= 0.6 is 0 Å². The Bertz CT molecular complexity index is 964. The Morgan fingerprint density at radius 3 is 2.43 bits per heavy atom. The van der Waals surface area contributed by atoms with E-state index in [4.69, 9.17) is 14.0 Å². The van der Waals surface area contributed by atoms with E-state index in [1.54, 1.807) is 37.3 Å². The summed E-state index contributed by atoms with van der Waals surface area (Å²) in [6.45, 7) is 5.16. The van der Waals surface area contributed by atoms with Crippen molar-refractivity contribution in [2.75, 3.05) is 27.3 Å². The molecule has 1 aromatic heterocycles. The van der Waals surface area contributed by atoms with Crippen LogP contribution in [0, 0.1) is 0 Å². The van der Waals surface area contributed by atoms with Gasteiger partial charge >= 0.3 is 0 Å². The smallest absolute Gasteiger partial charge is 0.259 e. The Kier molecular flexibility index (Phi) is 5.93. The summed E-state index contributed by atoms with van der Waals surface area (Å²) in [6, 6.07) is 12.6. The highest BCUT2D eigenvalue weighted by Crippen LogP contribution is 2.32. The molecule has 3 rings (SSSR count). The molecule has 0 aliphatic rings. The van der Waals surface area contributed by atoms with Gasteiger partial charge in [0, 0.05) is 18.7 Å². The number of carbonyl (C=O) groups is 1. The zero-order chi connectivity index (χ0) is 20.1. The van der Waals surface area contributed by atoms with Gasteiger partial charge in [0.25, 0.3) is 11.8 Å². The van der Waals surface area contributed by atoms with E-state index in [2.05, 4.69) is 10.1 Å². The molecule has 0 radical (unpaired) electrons. The lowest BCUT2D eigenvalue weighted by atomic mass is 10.1. The number of ether oxygens (including phenoxy) is 2. The fourth-order valence-electron chi connectivity index (χ4n) is 2.96. The SMILES string of the molecule is CCN(CC)C(=O)c1ccccc1-c1nc(-c2ccc(OC)c(OC)c2)no1. The molecule has 0 N–H and O–H groups in total. The van der Waals surface area contributed by atoms with Crippen LogP contribution in [0.2, 0.25) is 0 Å². The summed E-state index contributed by atoms with van der Waals surface area (Å²) in [6.07, 6.45) is 0. The first-order valence-electron chi connectivity index (χ1n) is 9.07. The van der Waals surface area contributed by atoms with Crippen molar-refractivity contribution in [1.29, 1.82) is 0 Å². The normalized spacial score (nSPS) is 10.6. The minimum absolute atomic E-state index is 0.0635. The van der Waals surface area contributed by atoms with Crippen LogP contribution in [0.1, 0.15) is 24.2 Å². The van der Waals surface area contributed by atoms with E-state index in [1.165, 1.54) is 0 Å². The van der Waals surface area contributed by atoms with Gasteiger partial charge in [0.15, 0.2) is 11.5 Å². The van der Waals surface area contributed by atoms with Crippen LogP contribution in [0.5, 0.6) is 11.5 Å². The number of aromatic nitrogens is 2. The summed E-state index contributed by atoms with van der Waals surface area (Å²) in [5.41, 5.74) is 1.87. The van der Waals surface area contributed by atoms with Crippen molar-refractivity contribution >= 4 is 5.91 Å². The lowest BCUT2D eigenvalue weighted by Crippen LogP contribution is -2.30. The summed E-state index contributed by atoms with van der Waals surface area (Å²) >= 11 is 0. The topological polar surface area (TPSA) is 77.7 Å². The molecule has 0 spiro atoms. The molecule has 1 amide bonds. The van der Waals surface area contributed by atoms with Crippen LogP contribution in [0.15, 0.2) is 47.0 Å². The Hall–Kier alpha value is -3.35. The molecule has 28 heavy (non-hydrogen) atoms. The summed E-state index contributed by atoms with van der Waals surface area (Å²) in [5, 5.41) is 4.07. The minimum Gasteiger partial charge on any atom is -0.493 e. The van der Waals surface area contributed by atoms with Crippen molar-refractivity contribution in [3.63, 3.8) is 0 Å². The first kappa shape index (κ1) is 19.4. The molecule has 2 aromatic carbocycles. The quantitative estimate of drug-likeness (QED) is 0.618. The lowest BCUT2D eigenvalue weighted by molar-refractivity contribution is 0.0773. The molecular weight excluding hydrogens is 358 g/mol. The zero-order valence-electron chi connectivity index (χ0n) is 16.4. The van der Waals surface area contributed by atoms with Gasteiger partial charge in [-0.25, -0.2) is 0 Å². The summed E-state index contributed by atoms with van der Waals surface area (Å²) in [7, 11) is 3.15. The predicted octanol–water partition coefficient (Wildman–Crippen LogP) is 3.90. The van der Waals surface area contributed by atoms with Gasteiger partial charge in [0.2, 0.25) is 5.82 Å². The predicted molar refractivity (Wildman–Crippen MR) is 106 cm³/mol. The number of carbonyl (C=O) groups excluding carboxylic acids is 1. The maximum absolute atomic E-state index is 12.8. The van der Waals surface area contributed by atoms with Gasteiger partial charge in [0.05, 0.1) is 25.3 Å². The third-order valence-corrected chi connectivity index (χ3v) is 4.51. The molecule has 0 aliphatic carbocycles. The average Bonchev–Trinajstić information content (AvgIpc) is 3.24. The third kappa shape index (κ3) is 3.69. The van der Waals surface area contributed by atoms with Crippen molar-refractivity contribution < 1.29 is 18.8 Å². The first-order valence-corrected chi connectivity index (χ1v) is 9.07. The third-order valence-electron chi connectivity index (χ3n) is 4.51. The van der Waals surface area contributed by atoms with Gasteiger partial charge in [-0.15, -0.1) is 0 Å². The second kappa shape index (κ2) is 8.56. The maximum Gasteiger partial charge on any atom is 0.259 e. The molecule has 3 aromatic rings. The molecule has 146 valence electrons. The molecular formula is C21H23N3O4. The molecule has 0 atom stereocenters. The van der Waals surface area contributed by atoms with Crippen LogP contribution in [-0.4, -0.2) is 48.3 Å². The Morgan fingerprint density at radius 2 is 1.75 bits per heavy atom. The summed E-state index contributed by atoms with van der Waals surface area (Å²) in [4.78, 5) is 19.1. The number of methoxy groups -OCH3 is 2. The largest absolute Gasteiger partial charge is 0.493 e. The van der Waals surface area contributed by atoms with E-state index >= 15 is 0 Å². The monoisotopic (exact) mass is 381 g/mol. The fraction of sp³-hybridized carbons (Fsp3) is 0.286. The van der Waals surface area contributed by atoms with E-state index < -0.39 is 0 Å². The van der Waals surface area contributed by atoms with Gasteiger partial charge in [-0.1, -0.05) is 17.3 Å². The van der Waals surface area contributed by atoms with Crippen LogP contribution in [-0.2, 0) is 0 Å². The number of amides is 1. The number of hydrogen-bond acceptors (Lipinski definition) is 6. The molecule has 0 fully saturated rings. The molecule has 7 nitrogen and oxygen atoms in total. The lowest BCUT2D eigenvalue weighted by Gasteiger charge is -2.19. The van der Waals surface area contributed by atoms with Gasteiger partial charge < -0.3 is 18.9 Å². The Balaban J connectivity index is 1.98. The number of rotatable bonds is 7. The number of hydrogen-bond donors (Lipinski definition) is 0.